The average molecular weight is 681 g/mol. The van der Waals surface area contributed by atoms with Crippen molar-refractivity contribution in [3.05, 3.63) is 95.1 Å². The fourth-order valence-corrected chi connectivity index (χ4v) is 5.75. The molecule has 0 amide bonds. The van der Waals surface area contributed by atoms with E-state index in [4.69, 9.17) is 9.47 Å². The highest BCUT2D eigenvalue weighted by Gasteiger charge is 2.66. The maximum Gasteiger partial charge on any atom is 0.336 e. The summed E-state index contributed by atoms with van der Waals surface area (Å²) < 4.78 is 11.2. The lowest BCUT2D eigenvalue weighted by molar-refractivity contribution is -0.266. The van der Waals surface area contributed by atoms with Crippen molar-refractivity contribution in [1.29, 1.82) is 0 Å². The number of rotatable bonds is 11. The summed E-state index contributed by atoms with van der Waals surface area (Å²) in [5.74, 6) is -8.88. The van der Waals surface area contributed by atoms with Gasteiger partial charge in [-0.15, -0.1) is 0 Å². The molecule has 1 saturated carbocycles. The Morgan fingerprint density at radius 1 is 0.878 bits per heavy atom. The van der Waals surface area contributed by atoms with Crippen molar-refractivity contribution in [2.75, 3.05) is 6.61 Å². The molecule has 1 aliphatic carbocycles. The lowest BCUT2D eigenvalue weighted by Gasteiger charge is -2.52. The molecule has 0 heterocycles. The van der Waals surface area contributed by atoms with Crippen molar-refractivity contribution in [2.24, 2.45) is 5.92 Å². The van der Waals surface area contributed by atoms with Crippen LogP contribution in [0.5, 0.6) is 23.0 Å². The van der Waals surface area contributed by atoms with Gasteiger partial charge in [0.1, 0.15) is 11.9 Å². The number of ether oxygens (including phenoxy) is 2. The fraction of sp³-hybridized carbons (Fsp3) is 0.286. The lowest BCUT2D eigenvalue weighted by atomic mass is 9.63. The van der Waals surface area contributed by atoms with Crippen molar-refractivity contribution in [2.45, 2.75) is 49.6 Å². The summed E-state index contributed by atoms with van der Waals surface area (Å²) in [6, 6.07) is 13.6. The molecule has 0 spiro atoms. The standard InChI is InChI=1S/C35H36O14/c1-2-19-4-3-5-21(12-19)13-23-32(48-31(44)16-26(39)22-8-10-25(38)28(41)15-22)35(18-36,29(42)17-34(23,47)33(45)46)49-30(43)11-7-20-6-9-24(37)27(40)14-20/h3-12,14-16,23,29,32,36-42,47H,2,13,17-18H2,1H3,(H,45,46)/b11-7+,26-16-/t23-,29-,32-,34-,35+/m1/s1. The summed E-state index contributed by atoms with van der Waals surface area (Å²) in [5, 5.41) is 93.1. The van der Waals surface area contributed by atoms with Crippen LogP contribution in [-0.4, -0.2) is 93.9 Å². The quantitative estimate of drug-likeness (QED) is 0.0610. The first kappa shape index (κ1) is 36.3. The molecule has 0 aliphatic heterocycles. The molecule has 14 heteroatoms. The van der Waals surface area contributed by atoms with Gasteiger partial charge in [0.05, 0.1) is 12.7 Å². The monoisotopic (exact) mass is 680 g/mol. The number of aliphatic hydroxyl groups is 4. The zero-order chi connectivity index (χ0) is 36.1. The fourth-order valence-electron chi connectivity index (χ4n) is 5.75. The number of hydrogen-bond acceptors (Lipinski definition) is 13. The number of carboxylic acids is 1. The lowest BCUT2D eigenvalue weighted by Crippen LogP contribution is -2.72. The number of aliphatic hydroxyl groups excluding tert-OH is 3. The molecule has 5 atom stereocenters. The second-order valence-electron chi connectivity index (χ2n) is 11.6. The number of aliphatic carboxylic acids is 1. The van der Waals surface area contributed by atoms with E-state index in [0.29, 0.717) is 18.1 Å². The van der Waals surface area contributed by atoms with Crippen LogP contribution in [0.3, 0.4) is 0 Å². The van der Waals surface area contributed by atoms with Gasteiger partial charge in [0.2, 0.25) is 0 Å². The molecule has 0 unspecified atom stereocenters. The molecule has 0 radical (unpaired) electrons. The zero-order valence-corrected chi connectivity index (χ0v) is 26.1. The Hall–Kier alpha value is -5.57. The summed E-state index contributed by atoms with van der Waals surface area (Å²) in [6.07, 6.45) is -2.34. The highest BCUT2D eigenvalue weighted by atomic mass is 16.6. The minimum absolute atomic E-state index is 0.142. The van der Waals surface area contributed by atoms with Crippen LogP contribution in [0.2, 0.25) is 0 Å². The predicted octanol–water partition coefficient (Wildman–Crippen LogP) is 2.31. The minimum Gasteiger partial charge on any atom is -0.507 e. The van der Waals surface area contributed by atoms with Crippen molar-refractivity contribution in [1.82, 2.24) is 0 Å². The number of carbonyl (C=O) groups excluding carboxylic acids is 2. The van der Waals surface area contributed by atoms with Gasteiger partial charge in [0.25, 0.3) is 0 Å². The first-order chi connectivity index (χ1) is 23.1. The number of aromatic hydroxyl groups is 4. The summed E-state index contributed by atoms with van der Waals surface area (Å²) in [6.45, 7) is 0.651. The SMILES string of the molecule is CCc1cccc(C[C@@H]2[C@@H](OC(=O)/C=C(\O)c3ccc(O)c(O)c3)[C@@](CO)(OC(=O)/C=C/c3ccc(O)c(O)c3)[C@H](O)C[C@]2(O)C(=O)O)c1. The Balaban J connectivity index is 1.80. The number of phenolic OH excluding ortho intramolecular Hbond substituents is 4. The van der Waals surface area contributed by atoms with Gasteiger partial charge in [-0.25, -0.2) is 14.4 Å². The molecule has 9 N–H and O–H groups in total. The highest BCUT2D eigenvalue weighted by Crippen LogP contribution is 2.46. The van der Waals surface area contributed by atoms with E-state index >= 15 is 0 Å². The molecule has 1 fully saturated rings. The van der Waals surface area contributed by atoms with Gasteiger partial charge >= 0.3 is 17.9 Å². The maximum absolute atomic E-state index is 13.3. The second-order valence-corrected chi connectivity index (χ2v) is 11.6. The summed E-state index contributed by atoms with van der Waals surface area (Å²) in [5.41, 5.74) is -3.96. The van der Waals surface area contributed by atoms with E-state index in [9.17, 15) is 60.3 Å². The Morgan fingerprint density at radius 3 is 2.14 bits per heavy atom. The van der Waals surface area contributed by atoms with E-state index < -0.39 is 89.0 Å². The molecule has 0 bridgehead atoms. The first-order valence-corrected chi connectivity index (χ1v) is 15.0. The molecule has 260 valence electrons. The molecule has 3 aromatic rings. The normalized spacial score (nSPS) is 24.0. The van der Waals surface area contributed by atoms with Crippen molar-refractivity contribution >= 4 is 29.7 Å². The number of carbonyl (C=O) groups is 3. The second kappa shape index (κ2) is 14.7. The number of benzene rings is 3. The minimum atomic E-state index is -2.80. The van der Waals surface area contributed by atoms with Crippen LogP contribution in [0.1, 0.15) is 35.6 Å². The molecule has 49 heavy (non-hydrogen) atoms. The number of aryl methyl sites for hydroxylation is 1. The van der Waals surface area contributed by atoms with Gasteiger partial charge in [-0.2, -0.15) is 0 Å². The zero-order valence-electron chi connectivity index (χ0n) is 26.1. The molecule has 3 aromatic carbocycles. The van der Waals surface area contributed by atoms with Crippen LogP contribution < -0.4 is 0 Å². The van der Waals surface area contributed by atoms with E-state index in [2.05, 4.69) is 0 Å². The molecule has 0 saturated heterocycles. The van der Waals surface area contributed by atoms with E-state index in [0.717, 1.165) is 48.0 Å². The van der Waals surface area contributed by atoms with Crippen LogP contribution in [0, 0.1) is 5.92 Å². The number of phenols is 4. The van der Waals surface area contributed by atoms with Gasteiger partial charge in [0.15, 0.2) is 40.3 Å². The van der Waals surface area contributed by atoms with E-state index in [1.165, 1.54) is 6.07 Å². The van der Waals surface area contributed by atoms with Gasteiger partial charge < -0.3 is 55.4 Å². The van der Waals surface area contributed by atoms with E-state index in [1.54, 1.807) is 18.2 Å². The summed E-state index contributed by atoms with van der Waals surface area (Å²) in [7, 11) is 0. The average Bonchev–Trinajstić information content (AvgIpc) is 3.06. The van der Waals surface area contributed by atoms with Gasteiger partial charge in [-0.1, -0.05) is 37.3 Å². The van der Waals surface area contributed by atoms with Crippen molar-refractivity contribution in [3.8, 4) is 23.0 Å². The van der Waals surface area contributed by atoms with Crippen molar-refractivity contribution < 1.29 is 69.8 Å². The smallest absolute Gasteiger partial charge is 0.336 e. The molecule has 1 aliphatic rings. The third-order valence-corrected chi connectivity index (χ3v) is 8.47. The Kier molecular flexibility index (Phi) is 10.9. The Morgan fingerprint density at radius 2 is 1.53 bits per heavy atom. The largest absolute Gasteiger partial charge is 0.507 e. The third-order valence-electron chi connectivity index (χ3n) is 8.47. The first-order valence-electron chi connectivity index (χ1n) is 15.0. The van der Waals surface area contributed by atoms with E-state index in [1.807, 2.05) is 13.0 Å². The number of carboxylic acid groups (broad SMARTS) is 1. The summed E-state index contributed by atoms with van der Waals surface area (Å²) >= 11 is 0. The molecule has 14 nitrogen and oxygen atoms in total. The Bertz CT molecular complexity index is 1780. The molecular formula is C35H36O14. The van der Waals surface area contributed by atoms with Crippen LogP contribution in [0.15, 0.2) is 72.8 Å². The number of hydrogen-bond donors (Lipinski definition) is 9. The highest BCUT2D eigenvalue weighted by molar-refractivity contribution is 5.90. The van der Waals surface area contributed by atoms with Gasteiger partial charge in [0, 0.05) is 24.0 Å². The predicted molar refractivity (Wildman–Crippen MR) is 171 cm³/mol. The third kappa shape index (κ3) is 7.78. The molecule has 4 rings (SSSR count). The van der Waals surface area contributed by atoms with Gasteiger partial charge in [-0.05, 0) is 65.9 Å². The van der Waals surface area contributed by atoms with Gasteiger partial charge in [-0.3, -0.25) is 0 Å². The molecule has 0 aromatic heterocycles. The summed E-state index contributed by atoms with van der Waals surface area (Å²) in [4.78, 5) is 39.1. The van der Waals surface area contributed by atoms with Crippen LogP contribution in [0.4, 0.5) is 0 Å². The van der Waals surface area contributed by atoms with Crippen LogP contribution >= 0.6 is 0 Å². The maximum atomic E-state index is 13.3. The van der Waals surface area contributed by atoms with E-state index in [-0.39, 0.29) is 17.5 Å². The van der Waals surface area contributed by atoms with Crippen LogP contribution in [0.25, 0.3) is 11.8 Å². The van der Waals surface area contributed by atoms with Crippen molar-refractivity contribution in [3.63, 3.8) is 0 Å². The molecular weight excluding hydrogens is 644 g/mol. The van der Waals surface area contributed by atoms with Crippen LogP contribution in [-0.2, 0) is 36.7 Å². The topological polar surface area (TPSA) is 252 Å². The Labute approximate surface area is 279 Å². The number of esters is 2.